The van der Waals surface area contributed by atoms with E-state index in [9.17, 15) is 9.90 Å². The number of para-hydroxylation sites is 1. The molecule has 0 aliphatic carbocycles. The maximum absolute atomic E-state index is 11.7. The van der Waals surface area contributed by atoms with Gasteiger partial charge in [-0.2, -0.15) is 0 Å². The van der Waals surface area contributed by atoms with Gasteiger partial charge in [-0.25, -0.2) is 0 Å². The zero-order chi connectivity index (χ0) is 14.1. The summed E-state index contributed by atoms with van der Waals surface area (Å²) in [4.78, 5) is 16.1. The Labute approximate surface area is 115 Å². The Morgan fingerprint density at radius 3 is 3.10 bits per heavy atom. The third-order valence-corrected chi connectivity index (χ3v) is 3.43. The van der Waals surface area contributed by atoms with Crippen LogP contribution in [0.2, 0.25) is 0 Å². The number of furan rings is 1. The fraction of sp³-hybridized carbons (Fsp3) is 0.333. The summed E-state index contributed by atoms with van der Waals surface area (Å²) < 4.78 is 10.3. The van der Waals surface area contributed by atoms with Crippen molar-refractivity contribution in [3.05, 3.63) is 29.8 Å². The predicted molar refractivity (Wildman–Crippen MR) is 74.0 cm³/mol. The Kier molecular flexibility index (Phi) is 3.18. The Morgan fingerprint density at radius 1 is 1.50 bits per heavy atom. The lowest BCUT2D eigenvalue weighted by atomic mass is 10.0. The van der Waals surface area contributed by atoms with Crippen molar-refractivity contribution in [2.24, 2.45) is 10.9 Å². The number of fused-ring (bicyclic) bond motifs is 1. The molecule has 2 aromatic rings. The number of aromatic hydroxyl groups is 1. The van der Waals surface area contributed by atoms with Gasteiger partial charge in [0.05, 0.1) is 30.3 Å². The van der Waals surface area contributed by atoms with Gasteiger partial charge in [0, 0.05) is 11.8 Å². The van der Waals surface area contributed by atoms with E-state index in [-0.39, 0.29) is 17.8 Å². The van der Waals surface area contributed by atoms with Crippen LogP contribution in [0.3, 0.4) is 0 Å². The van der Waals surface area contributed by atoms with E-state index in [2.05, 4.69) is 4.99 Å². The van der Waals surface area contributed by atoms with Gasteiger partial charge in [-0.15, -0.1) is 0 Å². The molecule has 0 bridgehead atoms. The highest BCUT2D eigenvalue weighted by Crippen LogP contribution is 2.34. The summed E-state index contributed by atoms with van der Waals surface area (Å²) in [5, 5.41) is 10.8. The van der Waals surface area contributed by atoms with Crippen molar-refractivity contribution < 1.29 is 19.1 Å². The molecule has 1 unspecified atom stereocenters. The fourth-order valence-corrected chi connectivity index (χ4v) is 2.49. The summed E-state index contributed by atoms with van der Waals surface area (Å²) in [6, 6.07) is 7.37. The number of hydrogen-bond acceptors (Lipinski definition) is 5. The minimum Gasteiger partial charge on any atom is -0.480 e. The maximum atomic E-state index is 11.7. The van der Waals surface area contributed by atoms with E-state index in [0.717, 1.165) is 5.39 Å². The molecular weight excluding hydrogens is 258 g/mol. The van der Waals surface area contributed by atoms with Crippen LogP contribution in [0.15, 0.2) is 33.7 Å². The summed E-state index contributed by atoms with van der Waals surface area (Å²) in [6.07, 6.45) is 0.468. The van der Waals surface area contributed by atoms with Gasteiger partial charge in [-0.3, -0.25) is 9.79 Å². The summed E-state index contributed by atoms with van der Waals surface area (Å²) in [5.74, 6) is -0.647. The van der Waals surface area contributed by atoms with Crippen LogP contribution < -0.4 is 0 Å². The van der Waals surface area contributed by atoms with Gasteiger partial charge >= 0.3 is 5.97 Å². The molecule has 104 valence electrons. The number of nitrogens with zero attached hydrogens (tertiary/aromatic N) is 1. The Balaban J connectivity index is 1.90. The van der Waals surface area contributed by atoms with Crippen LogP contribution in [0.1, 0.15) is 18.9 Å². The van der Waals surface area contributed by atoms with Gasteiger partial charge in [-0.05, 0) is 13.0 Å². The molecule has 0 fully saturated rings. The zero-order valence-corrected chi connectivity index (χ0v) is 11.1. The van der Waals surface area contributed by atoms with E-state index in [1.165, 1.54) is 0 Å². The van der Waals surface area contributed by atoms with E-state index in [4.69, 9.17) is 9.15 Å². The molecule has 0 spiro atoms. The molecule has 1 aliphatic heterocycles. The lowest BCUT2D eigenvalue weighted by molar-refractivity contribution is -0.147. The molecular formula is C15H15NO4. The average molecular weight is 273 g/mol. The molecule has 5 nitrogen and oxygen atoms in total. The molecule has 1 atom stereocenters. The smallest absolute Gasteiger partial charge is 0.311 e. The van der Waals surface area contributed by atoms with Crippen molar-refractivity contribution >= 4 is 22.7 Å². The van der Waals surface area contributed by atoms with E-state index in [1.54, 1.807) is 13.0 Å². The van der Waals surface area contributed by atoms with Crippen molar-refractivity contribution in [3.63, 3.8) is 0 Å². The molecule has 0 saturated carbocycles. The van der Waals surface area contributed by atoms with Crippen LogP contribution in [-0.2, 0) is 9.53 Å². The van der Waals surface area contributed by atoms with E-state index in [0.29, 0.717) is 36.4 Å². The second-order valence-corrected chi connectivity index (χ2v) is 4.72. The number of hydrogen-bond donors (Lipinski definition) is 1. The predicted octanol–water partition coefficient (Wildman–Crippen LogP) is 2.51. The maximum Gasteiger partial charge on any atom is 0.311 e. The summed E-state index contributed by atoms with van der Waals surface area (Å²) in [6.45, 7) is 2.54. The molecule has 5 heteroatoms. The van der Waals surface area contributed by atoms with Crippen LogP contribution >= 0.6 is 0 Å². The quantitative estimate of drug-likeness (QED) is 0.872. The normalized spacial score (nSPS) is 18.2. The summed E-state index contributed by atoms with van der Waals surface area (Å²) in [7, 11) is 0. The van der Waals surface area contributed by atoms with Crippen molar-refractivity contribution in [1.29, 1.82) is 0 Å². The highest BCUT2D eigenvalue weighted by atomic mass is 16.5. The number of ether oxygens (including phenoxy) is 1. The molecule has 2 heterocycles. The fourth-order valence-electron chi connectivity index (χ4n) is 2.49. The van der Waals surface area contributed by atoms with Crippen molar-refractivity contribution in [2.75, 3.05) is 13.2 Å². The number of carbonyl (C=O) groups excluding carboxylic acids is 1. The molecule has 0 amide bonds. The standard InChI is InChI=1S/C15H15NO4/c1-2-19-14(17)9-7-11(16-8-9)13-10-5-3-4-6-12(10)20-15(13)18/h3-6,9,18H,2,7-8H2,1H3. The van der Waals surface area contributed by atoms with Crippen LogP contribution in [0.4, 0.5) is 0 Å². The van der Waals surface area contributed by atoms with Crippen LogP contribution in [0.5, 0.6) is 5.95 Å². The molecule has 1 aromatic carbocycles. The SMILES string of the molecule is CCOC(=O)C1CN=C(c2c(O)oc3ccccc23)C1. The first kappa shape index (κ1) is 12.7. The lowest BCUT2D eigenvalue weighted by Crippen LogP contribution is -2.18. The van der Waals surface area contributed by atoms with Crippen molar-refractivity contribution in [3.8, 4) is 5.95 Å². The van der Waals surface area contributed by atoms with Gasteiger partial charge in [-0.1, -0.05) is 18.2 Å². The van der Waals surface area contributed by atoms with Crippen LogP contribution in [0, 0.1) is 5.92 Å². The summed E-state index contributed by atoms with van der Waals surface area (Å²) in [5.41, 5.74) is 1.90. The topological polar surface area (TPSA) is 72.0 Å². The molecule has 20 heavy (non-hydrogen) atoms. The van der Waals surface area contributed by atoms with E-state index in [1.807, 2.05) is 18.2 Å². The van der Waals surface area contributed by atoms with E-state index < -0.39 is 0 Å². The number of benzene rings is 1. The minimum atomic E-state index is -0.266. The van der Waals surface area contributed by atoms with Gasteiger partial charge < -0.3 is 14.3 Å². The molecule has 1 aromatic heterocycles. The summed E-state index contributed by atoms with van der Waals surface area (Å²) >= 11 is 0. The molecule has 0 radical (unpaired) electrons. The Hall–Kier alpha value is -2.30. The van der Waals surface area contributed by atoms with Gasteiger partial charge in [0.15, 0.2) is 0 Å². The van der Waals surface area contributed by atoms with Gasteiger partial charge in [0.2, 0.25) is 0 Å². The number of rotatable bonds is 3. The van der Waals surface area contributed by atoms with Crippen LogP contribution in [0.25, 0.3) is 11.0 Å². The molecule has 1 aliphatic rings. The lowest BCUT2D eigenvalue weighted by Gasteiger charge is -2.07. The average Bonchev–Trinajstić information content (AvgIpc) is 3.01. The number of aliphatic imine (C=N–C) groups is 1. The Bertz CT molecular complexity index is 686. The van der Waals surface area contributed by atoms with E-state index >= 15 is 0 Å². The third-order valence-electron chi connectivity index (χ3n) is 3.43. The third kappa shape index (κ3) is 2.05. The monoisotopic (exact) mass is 273 g/mol. The largest absolute Gasteiger partial charge is 0.480 e. The second-order valence-electron chi connectivity index (χ2n) is 4.72. The highest BCUT2D eigenvalue weighted by Gasteiger charge is 2.30. The van der Waals surface area contributed by atoms with Crippen molar-refractivity contribution in [2.45, 2.75) is 13.3 Å². The molecule has 0 saturated heterocycles. The van der Waals surface area contributed by atoms with Crippen LogP contribution in [-0.4, -0.2) is 29.9 Å². The first-order valence-corrected chi connectivity index (χ1v) is 6.61. The second kappa shape index (κ2) is 5.00. The zero-order valence-electron chi connectivity index (χ0n) is 11.1. The highest BCUT2D eigenvalue weighted by molar-refractivity contribution is 6.13. The molecule has 3 rings (SSSR count). The van der Waals surface area contributed by atoms with Gasteiger partial charge in [0.25, 0.3) is 5.95 Å². The van der Waals surface area contributed by atoms with Crippen molar-refractivity contribution in [1.82, 2.24) is 0 Å². The minimum absolute atomic E-state index is 0.144. The number of esters is 1. The first-order valence-electron chi connectivity index (χ1n) is 6.61. The number of carbonyl (C=O) groups is 1. The molecule has 1 N–H and O–H groups in total. The van der Waals surface area contributed by atoms with Gasteiger partial charge in [0.1, 0.15) is 5.58 Å². The Morgan fingerprint density at radius 2 is 2.30 bits per heavy atom. The first-order chi connectivity index (χ1) is 9.70.